The van der Waals surface area contributed by atoms with Crippen LogP contribution in [0.4, 0.5) is 10.5 Å². The Morgan fingerprint density at radius 3 is 1.87 bits per heavy atom. The quantitative estimate of drug-likeness (QED) is 0.153. The number of unbranched alkanes of at least 4 members (excludes halogenated alkanes) is 13. The van der Waals surface area contributed by atoms with E-state index in [1.165, 1.54) is 101 Å². The standard InChI is InChI=1S/C32H47NO6/c1-3-4-5-6-7-8-9-10-11-12-13-14-15-16-23-38-29-21-22-30(37-2)27(24-29)25-39-32(36)33-28-19-17-26(18-20-28)31(34)35/h17-22,24H,3-16,23,25H2,1-2H3,(H,33,36)(H,34,35). The van der Waals surface area contributed by atoms with E-state index >= 15 is 0 Å². The third-order valence-corrected chi connectivity index (χ3v) is 6.76. The predicted molar refractivity (Wildman–Crippen MR) is 156 cm³/mol. The molecule has 7 nitrogen and oxygen atoms in total. The molecule has 2 aromatic carbocycles. The fourth-order valence-electron chi connectivity index (χ4n) is 4.44. The van der Waals surface area contributed by atoms with Gasteiger partial charge in [-0.3, -0.25) is 5.32 Å². The van der Waals surface area contributed by atoms with Crippen molar-refractivity contribution < 1.29 is 28.9 Å². The first-order chi connectivity index (χ1) is 19.0. The number of methoxy groups -OCH3 is 1. The molecule has 0 aliphatic rings. The molecule has 0 spiro atoms. The van der Waals surface area contributed by atoms with Crippen molar-refractivity contribution in [1.82, 2.24) is 0 Å². The van der Waals surface area contributed by atoms with Crippen LogP contribution >= 0.6 is 0 Å². The van der Waals surface area contributed by atoms with Gasteiger partial charge in [-0.2, -0.15) is 0 Å². The molecule has 216 valence electrons. The van der Waals surface area contributed by atoms with Crippen molar-refractivity contribution in [3.8, 4) is 11.5 Å². The van der Waals surface area contributed by atoms with E-state index < -0.39 is 12.1 Å². The molecule has 2 aromatic rings. The van der Waals surface area contributed by atoms with E-state index in [0.717, 1.165) is 12.8 Å². The molecule has 0 aliphatic carbocycles. The second-order valence-electron chi connectivity index (χ2n) is 10.0. The molecule has 0 aromatic heterocycles. The number of nitrogens with one attached hydrogen (secondary N) is 1. The van der Waals surface area contributed by atoms with Crippen molar-refractivity contribution in [3.63, 3.8) is 0 Å². The molecule has 0 saturated carbocycles. The van der Waals surface area contributed by atoms with E-state index in [1.54, 1.807) is 7.11 Å². The highest BCUT2D eigenvalue weighted by Gasteiger charge is 2.10. The highest BCUT2D eigenvalue weighted by atomic mass is 16.5. The minimum Gasteiger partial charge on any atom is -0.496 e. The molecule has 7 heteroatoms. The van der Waals surface area contributed by atoms with Gasteiger partial charge in [0.15, 0.2) is 0 Å². The van der Waals surface area contributed by atoms with Crippen molar-refractivity contribution in [3.05, 3.63) is 53.6 Å². The summed E-state index contributed by atoms with van der Waals surface area (Å²) in [5.74, 6) is 0.300. The number of hydrogen-bond donors (Lipinski definition) is 2. The topological polar surface area (TPSA) is 94.1 Å². The maximum Gasteiger partial charge on any atom is 0.411 e. The number of carboxylic acid groups (broad SMARTS) is 1. The lowest BCUT2D eigenvalue weighted by Gasteiger charge is -2.13. The lowest BCUT2D eigenvalue weighted by molar-refractivity contribution is 0.0697. The molecule has 39 heavy (non-hydrogen) atoms. The van der Waals surface area contributed by atoms with E-state index in [9.17, 15) is 9.59 Å². The second-order valence-corrected chi connectivity index (χ2v) is 10.0. The average Bonchev–Trinajstić information content (AvgIpc) is 2.94. The number of rotatable bonds is 21. The van der Waals surface area contributed by atoms with Crippen LogP contribution in [0.15, 0.2) is 42.5 Å². The zero-order valence-corrected chi connectivity index (χ0v) is 23.8. The molecule has 0 saturated heterocycles. The summed E-state index contributed by atoms with van der Waals surface area (Å²) in [5.41, 5.74) is 1.29. The summed E-state index contributed by atoms with van der Waals surface area (Å²) >= 11 is 0. The van der Waals surface area contributed by atoms with Gasteiger partial charge in [-0.15, -0.1) is 0 Å². The number of aromatic carboxylic acids is 1. The largest absolute Gasteiger partial charge is 0.496 e. The Kier molecular flexibility index (Phi) is 16.2. The maximum atomic E-state index is 12.2. The minimum absolute atomic E-state index is 0.0122. The number of hydrogen-bond acceptors (Lipinski definition) is 5. The average molecular weight is 542 g/mol. The molecule has 0 fully saturated rings. The summed E-state index contributed by atoms with van der Waals surface area (Å²) in [6.45, 7) is 2.93. The van der Waals surface area contributed by atoms with Gasteiger partial charge in [-0.1, -0.05) is 90.4 Å². The number of carbonyl (C=O) groups is 2. The summed E-state index contributed by atoms with van der Waals surface area (Å²) in [5, 5.41) is 11.6. The monoisotopic (exact) mass is 541 g/mol. The van der Waals surface area contributed by atoms with Gasteiger partial charge in [0.2, 0.25) is 0 Å². The summed E-state index contributed by atoms with van der Waals surface area (Å²) in [4.78, 5) is 23.1. The molecule has 0 bridgehead atoms. The fraction of sp³-hybridized carbons (Fsp3) is 0.562. The van der Waals surface area contributed by atoms with E-state index in [4.69, 9.17) is 19.3 Å². The van der Waals surface area contributed by atoms with Crippen molar-refractivity contribution in [1.29, 1.82) is 0 Å². The zero-order valence-electron chi connectivity index (χ0n) is 23.8. The van der Waals surface area contributed by atoms with Gasteiger partial charge in [-0.25, -0.2) is 9.59 Å². The Morgan fingerprint density at radius 1 is 0.769 bits per heavy atom. The number of anilines is 1. The second kappa shape index (κ2) is 19.8. The molecule has 0 heterocycles. The van der Waals surface area contributed by atoms with Crippen LogP contribution in [0.5, 0.6) is 11.5 Å². The first-order valence-corrected chi connectivity index (χ1v) is 14.6. The van der Waals surface area contributed by atoms with Crippen molar-refractivity contribution in [2.45, 2.75) is 103 Å². The molecule has 0 aliphatic heterocycles. The summed E-state index contributed by atoms with van der Waals surface area (Å²) in [7, 11) is 1.57. The Hall–Kier alpha value is -3.22. The van der Waals surface area contributed by atoms with Crippen LogP contribution in [-0.4, -0.2) is 30.9 Å². The highest BCUT2D eigenvalue weighted by Crippen LogP contribution is 2.25. The van der Waals surface area contributed by atoms with Crippen LogP contribution in [0.3, 0.4) is 0 Å². The molecule has 2 N–H and O–H groups in total. The van der Waals surface area contributed by atoms with Crippen molar-refractivity contribution in [2.75, 3.05) is 19.0 Å². The first-order valence-electron chi connectivity index (χ1n) is 14.6. The molecule has 0 radical (unpaired) electrons. The Labute approximate surface area is 234 Å². The summed E-state index contributed by atoms with van der Waals surface area (Å²) in [6, 6.07) is 11.4. The third-order valence-electron chi connectivity index (χ3n) is 6.76. The Morgan fingerprint density at radius 2 is 1.33 bits per heavy atom. The van der Waals surface area contributed by atoms with E-state index in [-0.39, 0.29) is 12.2 Å². The number of carbonyl (C=O) groups excluding carboxylic acids is 1. The first kappa shape index (κ1) is 32.0. The van der Waals surface area contributed by atoms with Crippen LogP contribution in [0.1, 0.15) is 113 Å². The number of carboxylic acids is 1. The van der Waals surface area contributed by atoms with Crippen LogP contribution in [0.25, 0.3) is 0 Å². The van der Waals surface area contributed by atoms with Crippen LogP contribution in [0.2, 0.25) is 0 Å². The maximum absolute atomic E-state index is 12.2. The smallest absolute Gasteiger partial charge is 0.411 e. The van der Waals surface area contributed by atoms with E-state index in [0.29, 0.717) is 29.4 Å². The fourth-order valence-corrected chi connectivity index (χ4v) is 4.44. The lowest BCUT2D eigenvalue weighted by atomic mass is 10.0. The molecule has 0 atom stereocenters. The van der Waals surface area contributed by atoms with Gasteiger partial charge in [0, 0.05) is 11.3 Å². The predicted octanol–water partition coefficient (Wildman–Crippen LogP) is 9.00. The van der Waals surface area contributed by atoms with Gasteiger partial charge in [0.05, 0.1) is 19.3 Å². The number of benzene rings is 2. The molecular formula is C32H47NO6. The third kappa shape index (κ3) is 13.9. The summed E-state index contributed by atoms with van der Waals surface area (Å²) in [6.07, 6.45) is 17.9. The molecule has 2 rings (SSSR count). The Balaban J connectivity index is 1.59. The number of amides is 1. The minimum atomic E-state index is -1.03. The van der Waals surface area contributed by atoms with Gasteiger partial charge < -0.3 is 19.3 Å². The SMILES string of the molecule is CCCCCCCCCCCCCCCCOc1ccc(OC)c(COC(=O)Nc2ccc(C(=O)O)cc2)c1. The van der Waals surface area contributed by atoms with Crippen molar-refractivity contribution >= 4 is 17.7 Å². The van der Waals surface area contributed by atoms with Crippen molar-refractivity contribution in [2.24, 2.45) is 0 Å². The van der Waals surface area contributed by atoms with E-state index in [1.807, 2.05) is 18.2 Å². The van der Waals surface area contributed by atoms with Gasteiger partial charge in [-0.05, 0) is 48.9 Å². The highest BCUT2D eigenvalue weighted by molar-refractivity contribution is 5.89. The van der Waals surface area contributed by atoms with Gasteiger partial charge in [0.1, 0.15) is 18.1 Å². The molecule has 0 unspecified atom stereocenters. The lowest BCUT2D eigenvalue weighted by Crippen LogP contribution is -2.14. The molecular weight excluding hydrogens is 494 g/mol. The van der Waals surface area contributed by atoms with Crippen LogP contribution < -0.4 is 14.8 Å². The molecule has 1 amide bonds. The van der Waals surface area contributed by atoms with E-state index in [2.05, 4.69) is 12.2 Å². The Bertz CT molecular complexity index is 960. The summed E-state index contributed by atoms with van der Waals surface area (Å²) < 4.78 is 16.7. The van der Waals surface area contributed by atoms with Gasteiger partial charge >= 0.3 is 12.1 Å². The van der Waals surface area contributed by atoms with Gasteiger partial charge in [0.25, 0.3) is 0 Å². The van der Waals surface area contributed by atoms with Crippen LogP contribution in [0, 0.1) is 0 Å². The number of ether oxygens (including phenoxy) is 3. The zero-order chi connectivity index (χ0) is 28.1. The van der Waals surface area contributed by atoms with Crippen LogP contribution in [-0.2, 0) is 11.3 Å². The normalized spacial score (nSPS) is 10.7.